The zero-order valence-corrected chi connectivity index (χ0v) is 26.3. The Morgan fingerprint density at radius 2 is 1.02 bits per heavy atom. The van der Waals surface area contributed by atoms with Gasteiger partial charge in [-0.25, -0.2) is 0 Å². The summed E-state index contributed by atoms with van der Waals surface area (Å²) in [5, 5.41) is 11.5. The van der Waals surface area contributed by atoms with Crippen molar-refractivity contribution in [3.63, 3.8) is 0 Å². The van der Waals surface area contributed by atoms with E-state index in [2.05, 4.69) is 0 Å². The number of rotatable bonds is 2. The maximum absolute atomic E-state index is 14.1. The highest BCUT2D eigenvalue weighted by Crippen LogP contribution is 2.63. The van der Waals surface area contributed by atoms with E-state index in [0.29, 0.717) is 45.3 Å². The first-order chi connectivity index (χ1) is 18.6. The minimum absolute atomic E-state index is 0.0949. The number of hydrogen-bond acceptors (Lipinski definition) is 7. The Balaban J connectivity index is 1.86. The lowest BCUT2D eigenvalue weighted by molar-refractivity contribution is -0.146. The van der Waals surface area contributed by atoms with Crippen LogP contribution in [0.15, 0.2) is 28.7 Å². The van der Waals surface area contributed by atoms with E-state index in [-0.39, 0.29) is 40.7 Å². The number of phenolic OH excluding ortho intramolecular Hbond substituents is 1. The number of hydrogen-bond donors (Lipinski definition) is 1. The van der Waals surface area contributed by atoms with Crippen LogP contribution in [0.4, 0.5) is 0 Å². The first kappa shape index (κ1) is 29.3. The van der Waals surface area contributed by atoms with Gasteiger partial charge < -0.3 is 14.6 Å². The second-order valence-electron chi connectivity index (χ2n) is 15.0. The highest BCUT2D eigenvalue weighted by atomic mass is 16.5. The Kier molecular flexibility index (Phi) is 6.01. The summed E-state index contributed by atoms with van der Waals surface area (Å²) in [7, 11) is 0. The van der Waals surface area contributed by atoms with E-state index in [4.69, 9.17) is 9.47 Å². The van der Waals surface area contributed by atoms with Crippen LogP contribution >= 0.6 is 0 Å². The molecular weight excluding hydrogens is 520 g/mol. The molecule has 2 atom stereocenters. The third kappa shape index (κ3) is 3.50. The minimum Gasteiger partial charge on any atom is -0.507 e. The Hall–Kier alpha value is -3.22. The molecule has 0 spiro atoms. The third-order valence-corrected chi connectivity index (χ3v) is 9.81. The predicted molar refractivity (Wildman–Crippen MR) is 154 cm³/mol. The van der Waals surface area contributed by atoms with Crippen molar-refractivity contribution >= 4 is 23.1 Å². The Morgan fingerprint density at radius 3 is 1.44 bits per heavy atom. The molecule has 1 aromatic carbocycles. The molecule has 7 heteroatoms. The fourth-order valence-corrected chi connectivity index (χ4v) is 7.73. The highest BCUT2D eigenvalue weighted by Gasteiger charge is 2.60. The van der Waals surface area contributed by atoms with E-state index in [9.17, 15) is 24.3 Å². The molecule has 0 saturated heterocycles. The molecule has 2 aliphatic heterocycles. The maximum Gasteiger partial charge on any atom is 0.175 e. The van der Waals surface area contributed by atoms with Crippen LogP contribution in [0.5, 0.6) is 17.2 Å². The molecule has 2 aliphatic carbocycles. The van der Waals surface area contributed by atoms with Gasteiger partial charge in [0.05, 0.1) is 21.7 Å². The standard InChI is InChI=1S/C34H42O7/c1-14(2)18-20-16(35)13-17-21(24(20)41-28-22(18)25(36)31(5,6)30(39)34(28,11)12)19(15(3)4)23-26(37)32(7,8)29(38)33(9,10)27(23)40-17/h13-15,18-19,35H,1-12H3/t18-,19+/m0/s1. The number of carbonyl (C=O) groups is 4. The number of fused-ring (bicyclic) bond motifs is 3. The normalized spacial score (nSPS) is 27.3. The summed E-state index contributed by atoms with van der Waals surface area (Å²) in [4.78, 5) is 55.2. The predicted octanol–water partition coefficient (Wildman–Crippen LogP) is 6.57. The lowest BCUT2D eigenvalue weighted by atomic mass is 9.58. The molecule has 0 amide bonds. The van der Waals surface area contributed by atoms with Gasteiger partial charge in [-0.15, -0.1) is 0 Å². The van der Waals surface area contributed by atoms with E-state index >= 15 is 0 Å². The molecule has 0 radical (unpaired) electrons. The second-order valence-corrected chi connectivity index (χ2v) is 15.0. The van der Waals surface area contributed by atoms with Crippen molar-refractivity contribution in [3.8, 4) is 17.2 Å². The van der Waals surface area contributed by atoms with Crippen molar-refractivity contribution in [1.82, 2.24) is 0 Å². The topological polar surface area (TPSA) is 107 Å². The smallest absolute Gasteiger partial charge is 0.175 e. The molecule has 4 aliphatic rings. The zero-order chi connectivity index (χ0) is 30.9. The second kappa shape index (κ2) is 8.42. The highest BCUT2D eigenvalue weighted by molar-refractivity contribution is 6.21. The van der Waals surface area contributed by atoms with Gasteiger partial charge in [0.2, 0.25) is 0 Å². The molecule has 5 rings (SSSR count). The monoisotopic (exact) mass is 562 g/mol. The van der Waals surface area contributed by atoms with Crippen LogP contribution < -0.4 is 9.47 Å². The fraction of sp³-hybridized carbons (Fsp3) is 0.588. The van der Waals surface area contributed by atoms with E-state index in [1.54, 1.807) is 55.4 Å². The number of ketones is 4. The van der Waals surface area contributed by atoms with Gasteiger partial charge in [0.15, 0.2) is 23.1 Å². The molecule has 0 unspecified atom stereocenters. The molecule has 2 heterocycles. The molecule has 0 aromatic heterocycles. The van der Waals surface area contributed by atoms with E-state index in [0.717, 1.165) is 0 Å². The van der Waals surface area contributed by atoms with Gasteiger partial charge in [-0.05, 0) is 67.2 Å². The number of ether oxygens (including phenoxy) is 2. The van der Waals surface area contributed by atoms with Gasteiger partial charge in [-0.1, -0.05) is 27.7 Å². The molecule has 1 N–H and O–H groups in total. The van der Waals surface area contributed by atoms with Gasteiger partial charge in [-0.2, -0.15) is 0 Å². The van der Waals surface area contributed by atoms with Crippen molar-refractivity contribution in [3.05, 3.63) is 39.9 Å². The largest absolute Gasteiger partial charge is 0.507 e. The molecule has 220 valence electrons. The van der Waals surface area contributed by atoms with Crippen LogP contribution in [0.1, 0.15) is 106 Å². The fourth-order valence-electron chi connectivity index (χ4n) is 7.73. The van der Waals surface area contributed by atoms with Gasteiger partial charge in [0, 0.05) is 40.2 Å². The number of benzene rings is 1. The summed E-state index contributed by atoms with van der Waals surface area (Å²) in [6.45, 7) is 21.7. The molecule has 0 bridgehead atoms. The van der Waals surface area contributed by atoms with Crippen LogP contribution in [0.3, 0.4) is 0 Å². The number of allylic oxidation sites excluding steroid dienone is 4. The van der Waals surface area contributed by atoms with Crippen LogP contribution in [-0.4, -0.2) is 28.2 Å². The molecule has 41 heavy (non-hydrogen) atoms. The third-order valence-electron chi connectivity index (χ3n) is 9.81. The zero-order valence-electron chi connectivity index (χ0n) is 26.3. The quantitative estimate of drug-likeness (QED) is 0.406. The first-order valence-corrected chi connectivity index (χ1v) is 14.6. The summed E-state index contributed by atoms with van der Waals surface area (Å²) >= 11 is 0. The maximum atomic E-state index is 14.1. The van der Waals surface area contributed by atoms with Crippen LogP contribution in [0.2, 0.25) is 0 Å². The Morgan fingerprint density at radius 1 is 0.634 bits per heavy atom. The SMILES string of the molecule is CC(C)[C@@H]1C2=C(Oc3c1c(O)cc1c3[C@@H](C(C)C)C3=C(O1)C(C)(C)C(=O)C(C)(C)C3=O)C(C)(C)C(=O)C(C)(C)C2=O. The number of phenols is 1. The van der Waals surface area contributed by atoms with Crippen LogP contribution in [-0.2, 0) is 19.2 Å². The number of carbonyl (C=O) groups excluding carboxylic acids is 4. The van der Waals surface area contributed by atoms with Gasteiger partial charge in [0.25, 0.3) is 0 Å². The van der Waals surface area contributed by atoms with Crippen molar-refractivity contribution in [1.29, 1.82) is 0 Å². The summed E-state index contributed by atoms with van der Waals surface area (Å²) in [6, 6.07) is 1.52. The van der Waals surface area contributed by atoms with Crippen molar-refractivity contribution < 1.29 is 33.8 Å². The summed E-state index contributed by atoms with van der Waals surface area (Å²) in [5.41, 5.74) is -2.77. The Labute approximate surface area is 242 Å². The van der Waals surface area contributed by atoms with Gasteiger partial charge in [-0.3, -0.25) is 19.2 Å². The molecule has 1 aromatic rings. The van der Waals surface area contributed by atoms with Crippen LogP contribution in [0.25, 0.3) is 0 Å². The summed E-state index contributed by atoms with van der Waals surface area (Å²) in [5.74, 6) is -1.20. The van der Waals surface area contributed by atoms with E-state index in [1.165, 1.54) is 6.07 Å². The lowest BCUT2D eigenvalue weighted by Crippen LogP contribution is -2.53. The molecule has 0 saturated carbocycles. The van der Waals surface area contributed by atoms with Crippen molar-refractivity contribution in [2.45, 2.75) is 94.9 Å². The lowest BCUT2D eigenvalue weighted by Gasteiger charge is -2.48. The number of Topliss-reactive ketones (excluding diaryl/α,β-unsaturated/α-hetero) is 4. The van der Waals surface area contributed by atoms with Gasteiger partial charge in [0.1, 0.15) is 28.8 Å². The average molecular weight is 563 g/mol. The van der Waals surface area contributed by atoms with E-state index in [1.807, 2.05) is 27.7 Å². The average Bonchev–Trinajstić information content (AvgIpc) is 2.87. The van der Waals surface area contributed by atoms with Gasteiger partial charge >= 0.3 is 0 Å². The molecular formula is C34H42O7. The van der Waals surface area contributed by atoms with Crippen LogP contribution in [0, 0.1) is 33.5 Å². The molecule has 7 nitrogen and oxygen atoms in total. The summed E-state index contributed by atoms with van der Waals surface area (Å²) < 4.78 is 13.1. The van der Waals surface area contributed by atoms with Crippen molar-refractivity contribution in [2.75, 3.05) is 0 Å². The first-order valence-electron chi connectivity index (χ1n) is 14.6. The minimum atomic E-state index is -1.25. The van der Waals surface area contributed by atoms with Crippen molar-refractivity contribution in [2.24, 2.45) is 33.5 Å². The number of aromatic hydroxyl groups is 1. The summed E-state index contributed by atoms with van der Waals surface area (Å²) in [6.07, 6.45) is 0. The molecule has 0 fully saturated rings. The Bertz CT molecular complexity index is 1520. The van der Waals surface area contributed by atoms with E-state index < -0.39 is 33.5 Å².